The van der Waals surface area contributed by atoms with Gasteiger partial charge in [0.1, 0.15) is 10.5 Å². The first-order chi connectivity index (χ1) is 13.0. The molecule has 8 nitrogen and oxygen atoms in total. The molecule has 0 aliphatic carbocycles. The van der Waals surface area contributed by atoms with E-state index >= 15 is 0 Å². The second-order valence-electron chi connectivity index (χ2n) is 6.55. The molecule has 3 N–H and O–H groups in total. The van der Waals surface area contributed by atoms with Crippen molar-refractivity contribution < 1.29 is 22.7 Å². The molecule has 1 aromatic carbocycles. The topological polar surface area (TPSA) is 117 Å². The zero-order chi connectivity index (χ0) is 21.1. The number of H-pyrrole nitrogens is 1. The van der Waals surface area contributed by atoms with Gasteiger partial charge in [0.25, 0.3) is 0 Å². The molecule has 0 aliphatic rings. The standard InChI is InChI=1S/C19H25N3O5S/c1-6-27-19(24)17-13(4)21-14(5)18(17)28(25,26)20-10-16(23)22-15-8-11(2)7-12(3)9-15/h7-9,20-21H,6,10H2,1-5H3,(H,22,23). The first-order valence-electron chi connectivity index (χ1n) is 8.79. The van der Waals surface area contributed by atoms with Gasteiger partial charge < -0.3 is 15.0 Å². The predicted octanol–water partition coefficient (Wildman–Crippen LogP) is 2.34. The van der Waals surface area contributed by atoms with Crippen LogP contribution in [0.4, 0.5) is 5.69 Å². The van der Waals surface area contributed by atoms with E-state index in [9.17, 15) is 18.0 Å². The van der Waals surface area contributed by atoms with Crippen LogP contribution in [0.3, 0.4) is 0 Å². The monoisotopic (exact) mass is 407 g/mol. The second-order valence-corrected chi connectivity index (χ2v) is 8.25. The molecule has 0 unspecified atom stereocenters. The van der Waals surface area contributed by atoms with Crippen molar-refractivity contribution in [1.29, 1.82) is 0 Å². The lowest BCUT2D eigenvalue weighted by Crippen LogP contribution is -2.33. The van der Waals surface area contributed by atoms with Gasteiger partial charge in [0, 0.05) is 17.1 Å². The van der Waals surface area contributed by atoms with E-state index in [-0.39, 0.29) is 17.1 Å². The summed E-state index contributed by atoms with van der Waals surface area (Å²) in [6.45, 7) is 8.22. The summed E-state index contributed by atoms with van der Waals surface area (Å²) in [7, 11) is -4.11. The smallest absolute Gasteiger partial charge is 0.341 e. The molecule has 2 aromatic rings. The number of aromatic amines is 1. The van der Waals surface area contributed by atoms with E-state index < -0.39 is 28.4 Å². The zero-order valence-corrected chi connectivity index (χ0v) is 17.4. The normalized spacial score (nSPS) is 11.3. The fourth-order valence-corrected chi connectivity index (χ4v) is 4.45. The highest BCUT2D eigenvalue weighted by atomic mass is 32.2. The van der Waals surface area contributed by atoms with Crippen LogP contribution >= 0.6 is 0 Å². The van der Waals surface area contributed by atoms with Crippen molar-refractivity contribution in [2.45, 2.75) is 39.5 Å². The number of anilines is 1. The van der Waals surface area contributed by atoms with E-state index in [2.05, 4.69) is 15.0 Å². The molecule has 1 heterocycles. The molecule has 0 radical (unpaired) electrons. The number of aryl methyl sites for hydroxylation is 4. The van der Waals surface area contributed by atoms with E-state index in [0.29, 0.717) is 17.1 Å². The minimum absolute atomic E-state index is 0.0541. The number of hydrogen-bond donors (Lipinski definition) is 3. The Morgan fingerprint density at radius 3 is 2.21 bits per heavy atom. The summed E-state index contributed by atoms with van der Waals surface area (Å²) in [4.78, 5) is 27.0. The van der Waals surface area contributed by atoms with Gasteiger partial charge in [-0.3, -0.25) is 4.79 Å². The van der Waals surface area contributed by atoms with Gasteiger partial charge in [-0.1, -0.05) is 6.07 Å². The van der Waals surface area contributed by atoms with Crippen LogP contribution in [0.1, 0.15) is 39.8 Å². The Labute approximate surface area is 164 Å². The Morgan fingerprint density at radius 2 is 1.64 bits per heavy atom. The van der Waals surface area contributed by atoms with Gasteiger partial charge in [-0.05, 0) is 57.9 Å². The summed E-state index contributed by atoms with van der Waals surface area (Å²) in [6.07, 6.45) is 0. The number of ether oxygens (including phenoxy) is 1. The second kappa shape index (κ2) is 8.57. The zero-order valence-electron chi connectivity index (χ0n) is 16.6. The first-order valence-corrected chi connectivity index (χ1v) is 10.3. The average molecular weight is 407 g/mol. The number of rotatable bonds is 7. The number of hydrogen-bond acceptors (Lipinski definition) is 5. The minimum atomic E-state index is -4.11. The fourth-order valence-electron chi connectivity index (χ4n) is 3.03. The highest BCUT2D eigenvalue weighted by molar-refractivity contribution is 7.89. The van der Waals surface area contributed by atoms with Crippen LogP contribution in [0, 0.1) is 27.7 Å². The van der Waals surface area contributed by atoms with E-state index in [1.165, 1.54) is 0 Å². The molecule has 2 rings (SSSR count). The quantitative estimate of drug-likeness (QED) is 0.609. The average Bonchev–Trinajstić information content (AvgIpc) is 2.87. The van der Waals surface area contributed by atoms with Gasteiger partial charge in [0.15, 0.2) is 0 Å². The molecule has 1 aromatic heterocycles. The summed E-state index contributed by atoms with van der Waals surface area (Å²) in [5, 5.41) is 2.66. The number of benzene rings is 1. The van der Waals surface area contributed by atoms with Crippen molar-refractivity contribution in [3.05, 3.63) is 46.3 Å². The number of aromatic nitrogens is 1. The highest BCUT2D eigenvalue weighted by Crippen LogP contribution is 2.24. The number of carbonyl (C=O) groups is 2. The third kappa shape index (κ3) is 4.99. The van der Waals surface area contributed by atoms with Crippen LogP contribution in [0.2, 0.25) is 0 Å². The van der Waals surface area contributed by atoms with Crippen LogP contribution in [-0.4, -0.2) is 38.4 Å². The Kier molecular flexibility index (Phi) is 6.63. The molecule has 0 aliphatic heterocycles. The fraction of sp³-hybridized carbons (Fsp3) is 0.368. The molecule has 1 amide bonds. The van der Waals surface area contributed by atoms with Crippen LogP contribution < -0.4 is 10.0 Å². The molecule has 152 valence electrons. The number of esters is 1. The SMILES string of the molecule is CCOC(=O)c1c(C)[nH]c(C)c1S(=O)(=O)NCC(=O)Nc1cc(C)cc(C)c1. The first kappa shape index (κ1) is 21.6. The molecule has 0 saturated heterocycles. The van der Waals surface area contributed by atoms with E-state index in [0.717, 1.165) is 11.1 Å². The third-order valence-corrected chi connectivity index (χ3v) is 5.57. The van der Waals surface area contributed by atoms with Crippen molar-refractivity contribution >= 4 is 27.6 Å². The molecule has 0 spiro atoms. The van der Waals surface area contributed by atoms with Gasteiger partial charge in [-0.15, -0.1) is 0 Å². The van der Waals surface area contributed by atoms with Gasteiger partial charge in [-0.2, -0.15) is 0 Å². The van der Waals surface area contributed by atoms with Crippen LogP contribution in [-0.2, 0) is 19.6 Å². The molecule has 0 fully saturated rings. The maximum Gasteiger partial charge on any atom is 0.341 e. The summed E-state index contributed by atoms with van der Waals surface area (Å²) in [6, 6.07) is 5.54. The van der Waals surface area contributed by atoms with Crippen molar-refractivity contribution in [3.63, 3.8) is 0 Å². The van der Waals surface area contributed by atoms with E-state index in [4.69, 9.17) is 4.74 Å². The van der Waals surface area contributed by atoms with E-state index in [1.54, 1.807) is 32.9 Å². The van der Waals surface area contributed by atoms with Gasteiger partial charge >= 0.3 is 5.97 Å². The molecule has 28 heavy (non-hydrogen) atoms. The Morgan fingerprint density at radius 1 is 1.04 bits per heavy atom. The Balaban J connectivity index is 2.18. The minimum Gasteiger partial charge on any atom is -0.462 e. The van der Waals surface area contributed by atoms with Crippen LogP contribution in [0.5, 0.6) is 0 Å². The summed E-state index contributed by atoms with van der Waals surface area (Å²) >= 11 is 0. The van der Waals surface area contributed by atoms with E-state index in [1.807, 2.05) is 19.9 Å². The molecular formula is C19H25N3O5S. The largest absolute Gasteiger partial charge is 0.462 e. The lowest BCUT2D eigenvalue weighted by atomic mass is 10.1. The number of carbonyl (C=O) groups excluding carboxylic acids is 2. The number of amides is 1. The lowest BCUT2D eigenvalue weighted by molar-refractivity contribution is -0.115. The number of nitrogens with one attached hydrogen (secondary N) is 3. The third-order valence-electron chi connectivity index (χ3n) is 3.99. The van der Waals surface area contributed by atoms with Crippen LogP contribution in [0.15, 0.2) is 23.1 Å². The molecule has 0 atom stereocenters. The molecule has 0 bridgehead atoms. The van der Waals surface area contributed by atoms with Gasteiger partial charge in [-0.25, -0.2) is 17.9 Å². The number of sulfonamides is 1. The Hall–Kier alpha value is -2.65. The predicted molar refractivity (Wildman–Crippen MR) is 106 cm³/mol. The Bertz CT molecular complexity index is 989. The summed E-state index contributed by atoms with van der Waals surface area (Å²) < 4.78 is 32.7. The summed E-state index contributed by atoms with van der Waals surface area (Å²) in [5.74, 6) is -1.25. The lowest BCUT2D eigenvalue weighted by Gasteiger charge is -2.10. The van der Waals surface area contributed by atoms with Crippen molar-refractivity contribution in [1.82, 2.24) is 9.71 Å². The van der Waals surface area contributed by atoms with Gasteiger partial charge in [0.05, 0.1) is 13.2 Å². The van der Waals surface area contributed by atoms with Crippen molar-refractivity contribution in [3.8, 4) is 0 Å². The maximum absolute atomic E-state index is 12.7. The highest BCUT2D eigenvalue weighted by Gasteiger charge is 2.30. The van der Waals surface area contributed by atoms with Crippen molar-refractivity contribution in [2.75, 3.05) is 18.5 Å². The molecule has 9 heteroatoms. The molecular weight excluding hydrogens is 382 g/mol. The van der Waals surface area contributed by atoms with Gasteiger partial charge in [0.2, 0.25) is 15.9 Å². The maximum atomic E-state index is 12.7. The van der Waals surface area contributed by atoms with Crippen LogP contribution in [0.25, 0.3) is 0 Å². The summed E-state index contributed by atoms with van der Waals surface area (Å²) in [5.41, 5.74) is 3.17. The molecule has 0 saturated carbocycles. The van der Waals surface area contributed by atoms with Crippen molar-refractivity contribution in [2.24, 2.45) is 0 Å².